The predicted molar refractivity (Wildman–Crippen MR) is 117 cm³/mol. The van der Waals surface area contributed by atoms with Crippen LogP contribution in [0.5, 0.6) is 5.75 Å². The Bertz CT molecular complexity index is 1350. The fraction of sp³-hybridized carbons (Fsp3) is 0.273. The lowest BCUT2D eigenvalue weighted by Gasteiger charge is -2.24. The number of carbonyl (C=O) groups excluding carboxylic acids is 1. The smallest absolute Gasteiger partial charge is 0.338 e. The van der Waals surface area contributed by atoms with Crippen LogP contribution >= 0.6 is 11.3 Å². The minimum absolute atomic E-state index is 0.220. The van der Waals surface area contributed by atoms with Crippen LogP contribution in [-0.4, -0.2) is 34.5 Å². The maximum absolute atomic E-state index is 13.5. The van der Waals surface area contributed by atoms with Gasteiger partial charge in [-0.05, 0) is 43.7 Å². The summed E-state index contributed by atoms with van der Waals surface area (Å²) in [5.41, 5.74) is 2.24. The molecule has 0 saturated carbocycles. The lowest BCUT2D eigenvalue weighted by molar-refractivity contribution is -0.136. The Morgan fingerprint density at radius 3 is 2.61 bits per heavy atom. The average Bonchev–Trinajstić information content (AvgIpc) is 3.36. The van der Waals surface area contributed by atoms with Crippen molar-refractivity contribution in [3.05, 3.63) is 78.7 Å². The summed E-state index contributed by atoms with van der Waals surface area (Å²) in [6, 6.07) is 8.49. The molecular formula is C22H22N4O4S. The Hall–Kier alpha value is -3.46. The number of allylic oxidation sites excluding steroid dienone is 1. The van der Waals surface area contributed by atoms with Gasteiger partial charge in [0.15, 0.2) is 4.80 Å². The highest BCUT2D eigenvalue weighted by atomic mass is 32.1. The van der Waals surface area contributed by atoms with Crippen molar-refractivity contribution in [3.63, 3.8) is 0 Å². The zero-order valence-corrected chi connectivity index (χ0v) is 18.5. The van der Waals surface area contributed by atoms with Gasteiger partial charge in [-0.15, -0.1) is 0 Å². The van der Waals surface area contributed by atoms with E-state index in [0.717, 1.165) is 11.3 Å². The van der Waals surface area contributed by atoms with Crippen LogP contribution < -0.4 is 19.6 Å². The molecule has 0 spiro atoms. The van der Waals surface area contributed by atoms with Gasteiger partial charge in [0.25, 0.3) is 5.56 Å². The molecule has 2 aromatic heterocycles. The number of aryl methyl sites for hydroxylation is 1. The minimum Gasteiger partial charge on any atom is -0.497 e. The topological polar surface area (TPSA) is 87.7 Å². The summed E-state index contributed by atoms with van der Waals surface area (Å²) in [6.45, 7) is 4.44. The van der Waals surface area contributed by atoms with Gasteiger partial charge in [0.05, 0.1) is 41.8 Å². The molecule has 0 fully saturated rings. The molecular weight excluding hydrogens is 416 g/mol. The molecule has 31 heavy (non-hydrogen) atoms. The van der Waals surface area contributed by atoms with E-state index >= 15 is 0 Å². The zero-order chi connectivity index (χ0) is 22.1. The number of esters is 1. The largest absolute Gasteiger partial charge is 0.497 e. The first-order valence-corrected chi connectivity index (χ1v) is 10.6. The number of thiazole rings is 1. The molecule has 0 unspecified atom stereocenters. The number of aromatic nitrogens is 3. The summed E-state index contributed by atoms with van der Waals surface area (Å²) in [6.07, 6.45) is 3.51. The molecule has 8 nitrogen and oxygen atoms in total. The van der Waals surface area contributed by atoms with Crippen molar-refractivity contribution in [2.75, 3.05) is 14.2 Å². The molecule has 0 saturated heterocycles. The first kappa shape index (κ1) is 20.8. The Labute approximate surface area is 182 Å². The van der Waals surface area contributed by atoms with Crippen LogP contribution in [0.2, 0.25) is 0 Å². The van der Waals surface area contributed by atoms with Crippen molar-refractivity contribution in [2.24, 2.45) is 4.99 Å². The van der Waals surface area contributed by atoms with Crippen molar-refractivity contribution in [1.29, 1.82) is 0 Å². The Morgan fingerprint density at radius 2 is 1.97 bits per heavy atom. The fourth-order valence-corrected chi connectivity index (χ4v) is 4.69. The lowest BCUT2D eigenvalue weighted by atomic mass is 9.96. The monoisotopic (exact) mass is 438 g/mol. The highest BCUT2D eigenvalue weighted by molar-refractivity contribution is 7.07. The Kier molecular flexibility index (Phi) is 5.60. The number of nitrogens with zero attached hydrogens (tertiary/aromatic N) is 4. The maximum Gasteiger partial charge on any atom is 0.338 e. The van der Waals surface area contributed by atoms with E-state index in [-0.39, 0.29) is 5.56 Å². The van der Waals surface area contributed by atoms with Crippen LogP contribution in [0, 0.1) is 0 Å². The van der Waals surface area contributed by atoms with E-state index in [1.807, 2.05) is 35.9 Å². The van der Waals surface area contributed by atoms with Crippen LogP contribution in [0.1, 0.15) is 31.1 Å². The summed E-state index contributed by atoms with van der Waals surface area (Å²) in [4.78, 5) is 31.2. The molecule has 3 heterocycles. The van der Waals surface area contributed by atoms with Gasteiger partial charge >= 0.3 is 5.97 Å². The molecule has 3 aromatic rings. The summed E-state index contributed by atoms with van der Waals surface area (Å²) in [5, 5.41) is 4.26. The van der Waals surface area contributed by atoms with Gasteiger partial charge in [-0.1, -0.05) is 23.5 Å². The second-order valence-corrected chi connectivity index (χ2v) is 7.93. The lowest BCUT2D eigenvalue weighted by Crippen LogP contribution is -2.39. The minimum atomic E-state index is -0.646. The first-order chi connectivity index (χ1) is 15.0. The van der Waals surface area contributed by atoms with Gasteiger partial charge < -0.3 is 9.47 Å². The predicted octanol–water partition coefficient (Wildman–Crippen LogP) is 1.63. The molecule has 1 aliphatic heterocycles. The molecule has 0 aliphatic carbocycles. The highest BCUT2D eigenvalue weighted by Crippen LogP contribution is 2.31. The van der Waals surface area contributed by atoms with Crippen molar-refractivity contribution in [2.45, 2.75) is 26.4 Å². The van der Waals surface area contributed by atoms with Crippen molar-refractivity contribution in [3.8, 4) is 5.75 Å². The quantitative estimate of drug-likeness (QED) is 0.565. The van der Waals surface area contributed by atoms with Gasteiger partial charge in [0.2, 0.25) is 0 Å². The standard InChI is InChI=1S/C22H22N4O4S/c1-5-25-15(10-11-23-25)12-17-20(27)26-19(14-6-8-16(29-3)9-7-14)18(21(28)30-4)13(2)24-22(26)31-17/h6-12,19H,5H2,1-4H3/b17-12+/t19-/m0/s1. The summed E-state index contributed by atoms with van der Waals surface area (Å²) in [7, 11) is 2.91. The van der Waals surface area contributed by atoms with Gasteiger partial charge in [-0.3, -0.25) is 14.0 Å². The van der Waals surface area contributed by atoms with E-state index in [1.54, 1.807) is 36.9 Å². The van der Waals surface area contributed by atoms with Crippen LogP contribution in [-0.2, 0) is 16.1 Å². The maximum atomic E-state index is 13.5. The number of hydrogen-bond acceptors (Lipinski definition) is 7. The van der Waals surface area contributed by atoms with E-state index in [2.05, 4.69) is 10.1 Å². The fourth-order valence-electron chi connectivity index (χ4n) is 3.66. The van der Waals surface area contributed by atoms with Gasteiger partial charge in [0.1, 0.15) is 5.75 Å². The third kappa shape index (κ3) is 3.61. The van der Waals surface area contributed by atoms with Crippen molar-refractivity contribution >= 4 is 23.4 Å². The second-order valence-electron chi connectivity index (χ2n) is 6.92. The number of ether oxygens (including phenoxy) is 2. The van der Waals surface area contributed by atoms with E-state index in [1.165, 1.54) is 18.4 Å². The third-order valence-electron chi connectivity index (χ3n) is 5.19. The molecule has 0 bridgehead atoms. The molecule has 9 heteroatoms. The third-order valence-corrected chi connectivity index (χ3v) is 6.17. The number of methoxy groups -OCH3 is 2. The van der Waals surface area contributed by atoms with E-state index in [9.17, 15) is 9.59 Å². The van der Waals surface area contributed by atoms with Crippen molar-refractivity contribution in [1.82, 2.24) is 14.3 Å². The average molecular weight is 439 g/mol. The Balaban J connectivity index is 1.96. The molecule has 1 atom stereocenters. The first-order valence-electron chi connectivity index (χ1n) is 9.75. The van der Waals surface area contributed by atoms with Gasteiger partial charge in [0, 0.05) is 12.7 Å². The molecule has 0 amide bonds. The highest BCUT2D eigenvalue weighted by Gasteiger charge is 2.33. The van der Waals surface area contributed by atoms with E-state index in [0.29, 0.717) is 32.9 Å². The molecule has 160 valence electrons. The molecule has 4 rings (SSSR count). The molecule has 0 radical (unpaired) electrons. The number of fused-ring (bicyclic) bond motifs is 1. The van der Waals surface area contributed by atoms with Crippen LogP contribution in [0.15, 0.2) is 57.6 Å². The SMILES string of the molecule is CCn1nccc1/C=c1/sc2n(c1=O)[C@@H](c1ccc(OC)cc1)C(C(=O)OC)=C(C)N=2. The second kappa shape index (κ2) is 8.35. The van der Waals surface area contributed by atoms with E-state index in [4.69, 9.17) is 9.47 Å². The summed E-state index contributed by atoms with van der Waals surface area (Å²) >= 11 is 1.29. The van der Waals surface area contributed by atoms with Gasteiger partial charge in [-0.2, -0.15) is 5.10 Å². The molecule has 1 aromatic carbocycles. The number of rotatable bonds is 5. The molecule has 1 aliphatic rings. The summed E-state index contributed by atoms with van der Waals surface area (Å²) < 4.78 is 14.2. The normalized spacial score (nSPS) is 16.1. The zero-order valence-electron chi connectivity index (χ0n) is 17.7. The number of carbonyl (C=O) groups is 1. The van der Waals surface area contributed by atoms with E-state index < -0.39 is 12.0 Å². The number of hydrogen-bond donors (Lipinski definition) is 0. The van der Waals surface area contributed by atoms with Gasteiger partial charge in [-0.25, -0.2) is 9.79 Å². The van der Waals surface area contributed by atoms with Crippen molar-refractivity contribution < 1.29 is 14.3 Å². The Morgan fingerprint density at radius 1 is 1.23 bits per heavy atom. The molecule has 0 N–H and O–H groups in total. The number of benzene rings is 1. The van der Waals surface area contributed by atoms with Crippen LogP contribution in [0.25, 0.3) is 6.08 Å². The summed E-state index contributed by atoms with van der Waals surface area (Å²) in [5.74, 6) is 0.171. The van der Waals surface area contributed by atoms with Crippen LogP contribution in [0.4, 0.5) is 0 Å². The van der Waals surface area contributed by atoms with Crippen LogP contribution in [0.3, 0.4) is 0 Å².